The van der Waals surface area contributed by atoms with Gasteiger partial charge in [0.2, 0.25) is 0 Å². The van der Waals surface area contributed by atoms with Gasteiger partial charge in [0.15, 0.2) is 5.96 Å². The Balaban J connectivity index is 2.32. The molecule has 0 bridgehead atoms. The Bertz CT molecular complexity index is 350. The molecular weight excluding hydrogens is 274 g/mol. The van der Waals surface area contributed by atoms with Gasteiger partial charge < -0.3 is 15.4 Å². The summed E-state index contributed by atoms with van der Waals surface area (Å²) in [5.74, 6) is 1.74. The van der Waals surface area contributed by atoms with Crippen LogP contribution < -0.4 is 10.6 Å². The minimum Gasteiger partial charge on any atom is -0.377 e. The van der Waals surface area contributed by atoms with Crippen molar-refractivity contribution in [2.45, 2.75) is 65.8 Å². The van der Waals surface area contributed by atoms with Crippen LogP contribution in [0, 0.1) is 5.92 Å². The molecule has 4 heteroatoms. The number of ether oxygens (including phenoxy) is 1. The molecule has 2 N–H and O–H groups in total. The van der Waals surface area contributed by atoms with E-state index >= 15 is 0 Å². The van der Waals surface area contributed by atoms with Crippen LogP contribution in [-0.2, 0) is 4.74 Å². The third kappa shape index (κ3) is 9.08. The van der Waals surface area contributed by atoms with E-state index in [0.717, 1.165) is 51.0 Å². The zero-order valence-electron chi connectivity index (χ0n) is 15.0. The number of guanidine groups is 1. The van der Waals surface area contributed by atoms with Crippen LogP contribution in [0.2, 0.25) is 0 Å². The van der Waals surface area contributed by atoms with Crippen molar-refractivity contribution >= 4 is 5.96 Å². The average molecular weight is 309 g/mol. The molecule has 0 amide bonds. The maximum Gasteiger partial charge on any atom is 0.191 e. The van der Waals surface area contributed by atoms with E-state index in [-0.39, 0.29) is 0 Å². The molecule has 0 spiro atoms. The fourth-order valence-corrected chi connectivity index (χ4v) is 2.56. The van der Waals surface area contributed by atoms with Crippen molar-refractivity contribution in [3.63, 3.8) is 0 Å². The van der Waals surface area contributed by atoms with E-state index in [4.69, 9.17) is 9.73 Å². The van der Waals surface area contributed by atoms with Gasteiger partial charge in [-0.15, -0.1) is 0 Å². The van der Waals surface area contributed by atoms with E-state index in [1.165, 1.54) is 24.8 Å². The van der Waals surface area contributed by atoms with Gasteiger partial charge in [-0.05, 0) is 39.0 Å². The lowest BCUT2D eigenvalue weighted by atomic mass is 10.0. The average Bonchev–Trinajstić information content (AvgIpc) is 2.48. The lowest BCUT2D eigenvalue weighted by molar-refractivity contribution is 0.153. The highest BCUT2D eigenvalue weighted by molar-refractivity contribution is 5.80. The zero-order chi connectivity index (χ0) is 16.2. The van der Waals surface area contributed by atoms with Gasteiger partial charge in [0.1, 0.15) is 0 Å². The Kier molecular flexibility index (Phi) is 9.96. The topological polar surface area (TPSA) is 45.7 Å². The van der Waals surface area contributed by atoms with E-state index < -0.39 is 0 Å². The van der Waals surface area contributed by atoms with Crippen LogP contribution >= 0.6 is 0 Å². The molecule has 4 nitrogen and oxygen atoms in total. The summed E-state index contributed by atoms with van der Waals surface area (Å²) in [6.45, 7) is 12.3. The van der Waals surface area contributed by atoms with Crippen molar-refractivity contribution in [2.24, 2.45) is 10.9 Å². The van der Waals surface area contributed by atoms with Crippen molar-refractivity contribution in [1.82, 2.24) is 10.6 Å². The molecule has 1 aliphatic rings. The lowest BCUT2D eigenvalue weighted by Gasteiger charge is -2.18. The third-order valence-electron chi connectivity index (χ3n) is 3.91. The Morgan fingerprint density at radius 2 is 2.14 bits per heavy atom. The smallest absolute Gasteiger partial charge is 0.191 e. The molecule has 0 aromatic rings. The minimum atomic E-state index is 0.471. The van der Waals surface area contributed by atoms with Crippen LogP contribution in [0.5, 0.6) is 0 Å². The first-order chi connectivity index (χ1) is 10.6. The maximum absolute atomic E-state index is 5.34. The zero-order valence-corrected chi connectivity index (χ0v) is 15.0. The van der Waals surface area contributed by atoms with E-state index in [2.05, 4.69) is 44.4 Å². The van der Waals surface area contributed by atoms with Crippen LogP contribution in [0.25, 0.3) is 0 Å². The number of hydrogen-bond acceptors (Lipinski definition) is 2. The molecule has 0 aromatic heterocycles. The molecule has 0 fully saturated rings. The summed E-state index contributed by atoms with van der Waals surface area (Å²) in [4.78, 5) is 4.70. The van der Waals surface area contributed by atoms with E-state index in [1.807, 2.05) is 0 Å². The molecular formula is C18H35N3O. The molecule has 1 rings (SSSR count). The standard InChI is InChI=1S/C18H35N3O/c1-5-19-18(21-16(4)8-6-7-15(2)3)20-12-9-17-10-13-22-14-11-17/h10,15-16H,5-9,11-14H2,1-4H3,(H2,19,20,21). The third-order valence-corrected chi connectivity index (χ3v) is 3.91. The van der Waals surface area contributed by atoms with Crippen molar-refractivity contribution in [3.8, 4) is 0 Å². The fourth-order valence-electron chi connectivity index (χ4n) is 2.56. The van der Waals surface area contributed by atoms with Gasteiger partial charge in [0, 0.05) is 19.1 Å². The van der Waals surface area contributed by atoms with Gasteiger partial charge in [-0.2, -0.15) is 0 Å². The first-order valence-corrected chi connectivity index (χ1v) is 8.92. The quantitative estimate of drug-likeness (QED) is 0.389. The molecule has 0 radical (unpaired) electrons. The highest BCUT2D eigenvalue weighted by atomic mass is 16.5. The monoisotopic (exact) mass is 309 g/mol. The summed E-state index contributed by atoms with van der Waals surface area (Å²) < 4.78 is 5.34. The second-order valence-electron chi connectivity index (χ2n) is 6.57. The molecule has 0 saturated carbocycles. The summed E-state index contributed by atoms with van der Waals surface area (Å²) in [5, 5.41) is 6.87. The van der Waals surface area contributed by atoms with Gasteiger partial charge in [-0.1, -0.05) is 38.3 Å². The molecule has 1 unspecified atom stereocenters. The number of nitrogens with zero attached hydrogens (tertiary/aromatic N) is 1. The second kappa shape index (κ2) is 11.5. The van der Waals surface area contributed by atoms with Crippen LogP contribution in [0.4, 0.5) is 0 Å². The second-order valence-corrected chi connectivity index (χ2v) is 6.57. The molecule has 1 aliphatic heterocycles. The Morgan fingerprint density at radius 1 is 1.32 bits per heavy atom. The fraction of sp³-hybridized carbons (Fsp3) is 0.833. The van der Waals surface area contributed by atoms with Gasteiger partial charge in [0.25, 0.3) is 0 Å². The predicted octanol–water partition coefficient (Wildman–Crippen LogP) is 3.49. The lowest BCUT2D eigenvalue weighted by Crippen LogP contribution is -2.42. The molecule has 128 valence electrons. The summed E-state index contributed by atoms with van der Waals surface area (Å²) in [7, 11) is 0. The van der Waals surface area contributed by atoms with Gasteiger partial charge in [0.05, 0.1) is 13.2 Å². The highest BCUT2D eigenvalue weighted by Crippen LogP contribution is 2.11. The minimum absolute atomic E-state index is 0.471. The highest BCUT2D eigenvalue weighted by Gasteiger charge is 2.07. The van der Waals surface area contributed by atoms with E-state index in [0.29, 0.717) is 6.04 Å². The van der Waals surface area contributed by atoms with Crippen LogP contribution in [-0.4, -0.2) is 38.3 Å². The van der Waals surface area contributed by atoms with Gasteiger partial charge >= 0.3 is 0 Å². The van der Waals surface area contributed by atoms with Crippen molar-refractivity contribution in [3.05, 3.63) is 11.6 Å². The van der Waals surface area contributed by atoms with Gasteiger partial charge in [-0.3, -0.25) is 4.99 Å². The van der Waals surface area contributed by atoms with Crippen LogP contribution in [0.1, 0.15) is 59.8 Å². The summed E-state index contributed by atoms with van der Waals surface area (Å²) in [5.41, 5.74) is 1.48. The SMILES string of the molecule is CCNC(=NCCC1=CCOCC1)NC(C)CCCC(C)C. The van der Waals surface area contributed by atoms with Crippen molar-refractivity contribution in [2.75, 3.05) is 26.3 Å². The molecule has 0 saturated heterocycles. The number of nitrogens with one attached hydrogen (secondary N) is 2. The Morgan fingerprint density at radius 3 is 2.77 bits per heavy atom. The van der Waals surface area contributed by atoms with Crippen LogP contribution in [0.15, 0.2) is 16.6 Å². The maximum atomic E-state index is 5.34. The normalized spacial score (nSPS) is 17.3. The Hall–Kier alpha value is -1.03. The number of hydrogen-bond donors (Lipinski definition) is 2. The summed E-state index contributed by atoms with van der Waals surface area (Å²) in [6, 6.07) is 0.471. The van der Waals surface area contributed by atoms with E-state index in [1.54, 1.807) is 0 Å². The van der Waals surface area contributed by atoms with E-state index in [9.17, 15) is 0 Å². The molecule has 1 atom stereocenters. The first-order valence-electron chi connectivity index (χ1n) is 8.92. The largest absolute Gasteiger partial charge is 0.377 e. The molecule has 1 heterocycles. The summed E-state index contributed by atoms with van der Waals surface area (Å²) >= 11 is 0. The molecule has 0 aromatic carbocycles. The number of aliphatic imine (C=N–C) groups is 1. The summed E-state index contributed by atoms with van der Waals surface area (Å²) in [6.07, 6.45) is 8.08. The molecule has 0 aliphatic carbocycles. The van der Waals surface area contributed by atoms with Crippen LogP contribution in [0.3, 0.4) is 0 Å². The van der Waals surface area contributed by atoms with Crippen molar-refractivity contribution in [1.29, 1.82) is 0 Å². The Labute approximate surface area is 136 Å². The number of rotatable bonds is 9. The van der Waals surface area contributed by atoms with Gasteiger partial charge in [-0.25, -0.2) is 0 Å². The predicted molar refractivity (Wildman–Crippen MR) is 95.4 cm³/mol. The molecule has 22 heavy (non-hydrogen) atoms. The van der Waals surface area contributed by atoms with Crippen molar-refractivity contribution < 1.29 is 4.74 Å². The first kappa shape index (κ1) is 19.0.